The fraction of sp³-hybridized carbons (Fsp3) is 0.238. The van der Waals surface area contributed by atoms with E-state index in [1.165, 1.54) is 0 Å². The molecule has 1 unspecified atom stereocenters. The number of aryl methyl sites for hydroxylation is 1. The third-order valence-corrected chi connectivity index (χ3v) is 3.81. The van der Waals surface area contributed by atoms with Crippen molar-refractivity contribution in [2.75, 3.05) is 6.61 Å². The van der Waals surface area contributed by atoms with Gasteiger partial charge >= 0.3 is 0 Å². The molecule has 0 aliphatic heterocycles. The molecule has 2 aromatic carbocycles. The van der Waals surface area contributed by atoms with Crippen molar-refractivity contribution in [1.82, 2.24) is 10.9 Å². The van der Waals surface area contributed by atoms with Crippen molar-refractivity contribution in [2.45, 2.75) is 26.4 Å². The predicted octanol–water partition coefficient (Wildman–Crippen LogP) is 3.18. The van der Waals surface area contributed by atoms with E-state index < -0.39 is 17.9 Å². The van der Waals surface area contributed by atoms with Crippen molar-refractivity contribution >= 4 is 11.8 Å². The van der Waals surface area contributed by atoms with E-state index in [2.05, 4.69) is 17.4 Å². The molecule has 0 aliphatic carbocycles. The Balaban J connectivity index is 1.98. The molecule has 0 saturated carbocycles. The van der Waals surface area contributed by atoms with Crippen LogP contribution in [0.4, 0.5) is 0 Å². The lowest BCUT2D eigenvalue weighted by Gasteiger charge is -2.19. The lowest BCUT2D eigenvalue weighted by molar-refractivity contribution is -0.128. The molecule has 0 saturated heterocycles. The Morgan fingerprint density at radius 2 is 1.74 bits per heavy atom. The molecule has 0 heterocycles. The molecule has 0 spiro atoms. The van der Waals surface area contributed by atoms with Gasteiger partial charge < -0.3 is 9.47 Å². The Kier molecular flexibility index (Phi) is 7.43. The van der Waals surface area contributed by atoms with E-state index in [1.54, 1.807) is 36.4 Å². The maximum atomic E-state index is 12.4. The topological polar surface area (TPSA) is 76.7 Å². The van der Waals surface area contributed by atoms with Gasteiger partial charge in [-0.25, -0.2) is 0 Å². The van der Waals surface area contributed by atoms with Crippen molar-refractivity contribution in [2.24, 2.45) is 0 Å². The van der Waals surface area contributed by atoms with Gasteiger partial charge in [0.1, 0.15) is 18.1 Å². The molecule has 0 aromatic heterocycles. The molecule has 0 aliphatic rings. The average Bonchev–Trinajstić information content (AvgIpc) is 2.69. The highest BCUT2D eigenvalue weighted by Crippen LogP contribution is 2.19. The fourth-order valence-electron chi connectivity index (χ4n) is 2.36. The summed E-state index contributed by atoms with van der Waals surface area (Å²) in [6.07, 6.45) is 1.32. The second-order valence-corrected chi connectivity index (χ2v) is 5.82. The summed E-state index contributed by atoms with van der Waals surface area (Å²) >= 11 is 0. The SMILES string of the molecule is C=CCOc1ccccc1C(=O)NNC(=O)C(CC)Oc1ccccc1C. The number of nitrogens with one attached hydrogen (secondary N) is 2. The molecule has 0 radical (unpaired) electrons. The number of hydrogen-bond acceptors (Lipinski definition) is 4. The van der Waals surface area contributed by atoms with Gasteiger partial charge in [0.25, 0.3) is 11.8 Å². The van der Waals surface area contributed by atoms with Gasteiger partial charge in [-0.3, -0.25) is 20.4 Å². The zero-order valence-corrected chi connectivity index (χ0v) is 15.5. The normalized spacial score (nSPS) is 11.2. The maximum Gasteiger partial charge on any atom is 0.279 e. The van der Waals surface area contributed by atoms with E-state index in [0.717, 1.165) is 5.56 Å². The molecule has 142 valence electrons. The van der Waals surface area contributed by atoms with Gasteiger partial charge in [0, 0.05) is 0 Å². The highest BCUT2D eigenvalue weighted by Gasteiger charge is 2.20. The summed E-state index contributed by atoms with van der Waals surface area (Å²) in [5.74, 6) is 0.133. The first-order chi connectivity index (χ1) is 13.1. The summed E-state index contributed by atoms with van der Waals surface area (Å²) in [5, 5.41) is 0. The molecule has 2 amide bonds. The number of rotatable bonds is 8. The van der Waals surface area contributed by atoms with Crippen LogP contribution in [0, 0.1) is 6.92 Å². The largest absolute Gasteiger partial charge is 0.489 e. The Bertz CT molecular complexity index is 804. The second kappa shape index (κ2) is 10.0. The highest BCUT2D eigenvalue weighted by molar-refractivity contribution is 5.98. The Labute approximate surface area is 159 Å². The second-order valence-electron chi connectivity index (χ2n) is 5.82. The quantitative estimate of drug-likeness (QED) is 0.554. The molecular weight excluding hydrogens is 344 g/mol. The van der Waals surface area contributed by atoms with Crippen LogP contribution in [0.1, 0.15) is 29.3 Å². The highest BCUT2D eigenvalue weighted by atomic mass is 16.5. The van der Waals surface area contributed by atoms with E-state index >= 15 is 0 Å². The molecule has 0 bridgehead atoms. The van der Waals surface area contributed by atoms with Gasteiger partial charge in [0.05, 0.1) is 5.56 Å². The number of hydrogen-bond donors (Lipinski definition) is 2. The molecule has 27 heavy (non-hydrogen) atoms. The molecule has 2 rings (SSSR count). The number of amides is 2. The smallest absolute Gasteiger partial charge is 0.279 e. The zero-order valence-electron chi connectivity index (χ0n) is 15.5. The van der Waals surface area contributed by atoms with Crippen LogP contribution in [-0.2, 0) is 4.79 Å². The summed E-state index contributed by atoms with van der Waals surface area (Å²) in [6.45, 7) is 7.60. The summed E-state index contributed by atoms with van der Waals surface area (Å²) in [7, 11) is 0. The molecule has 6 heteroatoms. The minimum absolute atomic E-state index is 0.277. The number of carbonyl (C=O) groups is 2. The van der Waals surface area contributed by atoms with E-state index in [1.807, 2.05) is 32.0 Å². The van der Waals surface area contributed by atoms with Crippen molar-refractivity contribution in [3.8, 4) is 11.5 Å². The average molecular weight is 368 g/mol. The molecule has 0 fully saturated rings. The van der Waals surface area contributed by atoms with Gasteiger partial charge in [-0.2, -0.15) is 0 Å². The first-order valence-corrected chi connectivity index (χ1v) is 8.72. The standard InChI is InChI=1S/C21H24N2O4/c1-4-14-26-19-13-9-7-11-16(19)20(24)22-23-21(25)17(5-2)27-18-12-8-6-10-15(18)3/h4,6-13,17H,1,5,14H2,2-3H3,(H,22,24)(H,23,25). The van der Waals surface area contributed by atoms with Crippen LogP contribution >= 0.6 is 0 Å². The van der Waals surface area contributed by atoms with Gasteiger partial charge in [0.15, 0.2) is 6.10 Å². The third kappa shape index (κ3) is 5.60. The van der Waals surface area contributed by atoms with Gasteiger partial charge in [-0.1, -0.05) is 49.9 Å². The minimum Gasteiger partial charge on any atom is -0.489 e. The Hall–Kier alpha value is -3.28. The molecule has 1 atom stereocenters. The molecule has 2 N–H and O–H groups in total. The lowest BCUT2D eigenvalue weighted by atomic mass is 10.2. The van der Waals surface area contributed by atoms with E-state index in [9.17, 15) is 9.59 Å². The number of para-hydroxylation sites is 2. The minimum atomic E-state index is -0.723. The molecular formula is C21H24N2O4. The number of benzene rings is 2. The zero-order chi connectivity index (χ0) is 19.6. The predicted molar refractivity (Wildman–Crippen MR) is 104 cm³/mol. The Morgan fingerprint density at radius 1 is 1.07 bits per heavy atom. The van der Waals surface area contributed by atoms with E-state index in [4.69, 9.17) is 9.47 Å². The van der Waals surface area contributed by atoms with Crippen LogP contribution in [0.15, 0.2) is 61.2 Å². The molecule has 6 nitrogen and oxygen atoms in total. The van der Waals surface area contributed by atoms with Crippen LogP contribution in [-0.4, -0.2) is 24.5 Å². The van der Waals surface area contributed by atoms with Crippen LogP contribution in [0.3, 0.4) is 0 Å². The summed E-state index contributed by atoms with van der Waals surface area (Å²) < 4.78 is 11.2. The lowest BCUT2D eigenvalue weighted by Crippen LogP contribution is -2.48. The van der Waals surface area contributed by atoms with E-state index in [-0.39, 0.29) is 6.61 Å². The van der Waals surface area contributed by atoms with E-state index in [0.29, 0.717) is 23.5 Å². The Morgan fingerprint density at radius 3 is 2.41 bits per heavy atom. The summed E-state index contributed by atoms with van der Waals surface area (Å²) in [5.41, 5.74) is 6.07. The van der Waals surface area contributed by atoms with Crippen molar-refractivity contribution in [1.29, 1.82) is 0 Å². The maximum absolute atomic E-state index is 12.4. The summed E-state index contributed by atoms with van der Waals surface area (Å²) in [6, 6.07) is 14.2. The van der Waals surface area contributed by atoms with Gasteiger partial charge in [0.2, 0.25) is 0 Å². The van der Waals surface area contributed by atoms with Crippen molar-refractivity contribution in [3.63, 3.8) is 0 Å². The van der Waals surface area contributed by atoms with Crippen LogP contribution in [0.2, 0.25) is 0 Å². The summed E-state index contributed by atoms with van der Waals surface area (Å²) in [4.78, 5) is 24.8. The van der Waals surface area contributed by atoms with Crippen molar-refractivity contribution in [3.05, 3.63) is 72.3 Å². The first kappa shape index (κ1) is 20.0. The molecule has 2 aromatic rings. The third-order valence-electron chi connectivity index (χ3n) is 3.81. The van der Waals surface area contributed by atoms with Gasteiger partial charge in [-0.15, -0.1) is 0 Å². The number of ether oxygens (including phenoxy) is 2. The van der Waals surface area contributed by atoms with Crippen LogP contribution < -0.4 is 20.3 Å². The monoisotopic (exact) mass is 368 g/mol. The number of carbonyl (C=O) groups excluding carboxylic acids is 2. The van der Waals surface area contributed by atoms with Gasteiger partial charge in [-0.05, 0) is 37.1 Å². The fourth-order valence-corrected chi connectivity index (χ4v) is 2.36. The van der Waals surface area contributed by atoms with Crippen LogP contribution in [0.5, 0.6) is 11.5 Å². The first-order valence-electron chi connectivity index (χ1n) is 8.72. The van der Waals surface area contributed by atoms with Crippen molar-refractivity contribution < 1.29 is 19.1 Å². The van der Waals surface area contributed by atoms with Crippen LogP contribution in [0.25, 0.3) is 0 Å². The number of hydrazine groups is 1.